The predicted octanol–water partition coefficient (Wildman–Crippen LogP) is 0.775. The molecule has 0 radical (unpaired) electrons. The Labute approximate surface area is 77.1 Å². The molecule has 2 N–H and O–H groups in total. The number of carbonyl (C=O) groups is 2. The Hall–Kier alpha value is -1.06. The van der Waals surface area contributed by atoms with Gasteiger partial charge in [0.25, 0.3) is 5.91 Å². The van der Waals surface area contributed by atoms with Gasteiger partial charge in [-0.25, -0.2) is 4.79 Å². The molecule has 1 saturated carbocycles. The zero-order valence-electron chi connectivity index (χ0n) is 7.94. The van der Waals surface area contributed by atoms with Gasteiger partial charge in [0.2, 0.25) is 0 Å². The lowest BCUT2D eigenvalue weighted by Gasteiger charge is -2.34. The van der Waals surface area contributed by atoms with Crippen LogP contribution in [0.25, 0.3) is 0 Å². The summed E-state index contributed by atoms with van der Waals surface area (Å²) in [6.45, 7) is 4.07. The van der Waals surface area contributed by atoms with Crippen LogP contribution in [0.1, 0.15) is 33.1 Å². The van der Waals surface area contributed by atoms with Crippen LogP contribution in [-0.4, -0.2) is 17.5 Å². The van der Waals surface area contributed by atoms with Crippen LogP contribution < -0.4 is 10.6 Å². The molecule has 72 valence electrons. The summed E-state index contributed by atoms with van der Waals surface area (Å²) < 4.78 is 0. The highest BCUT2D eigenvalue weighted by molar-refractivity contribution is 6.07. The van der Waals surface area contributed by atoms with E-state index in [1.54, 1.807) is 0 Å². The first-order valence-corrected chi connectivity index (χ1v) is 4.62. The van der Waals surface area contributed by atoms with Crippen LogP contribution in [0.5, 0.6) is 0 Å². The van der Waals surface area contributed by atoms with E-state index in [1.165, 1.54) is 0 Å². The third-order valence-electron chi connectivity index (χ3n) is 3.45. The van der Waals surface area contributed by atoms with Crippen molar-refractivity contribution < 1.29 is 9.59 Å². The summed E-state index contributed by atoms with van der Waals surface area (Å²) in [5.41, 5.74) is -0.757. The summed E-state index contributed by atoms with van der Waals surface area (Å²) in [6, 6.07) is -0.347. The Morgan fingerprint density at radius 1 is 1.23 bits per heavy atom. The van der Waals surface area contributed by atoms with Gasteiger partial charge in [-0.05, 0) is 24.7 Å². The lowest BCUT2D eigenvalue weighted by atomic mass is 9.75. The SMILES string of the molecule is CC1(C)CCCC12NC(=O)NC2=O. The number of imide groups is 1. The van der Waals surface area contributed by atoms with Crippen molar-refractivity contribution in [3.8, 4) is 0 Å². The second kappa shape index (κ2) is 2.25. The van der Waals surface area contributed by atoms with Crippen LogP contribution in [0, 0.1) is 5.41 Å². The standard InChI is InChI=1S/C9H14N2O2/c1-8(2)4-3-5-9(8)6(12)10-7(13)11-9/h3-5H2,1-2H3,(H2,10,11,12,13). The lowest BCUT2D eigenvalue weighted by Crippen LogP contribution is -2.54. The fourth-order valence-corrected chi connectivity index (χ4v) is 2.49. The number of urea groups is 1. The molecule has 1 saturated heterocycles. The predicted molar refractivity (Wildman–Crippen MR) is 47.0 cm³/mol. The van der Waals surface area contributed by atoms with Crippen molar-refractivity contribution in [3.05, 3.63) is 0 Å². The summed E-state index contributed by atoms with van der Waals surface area (Å²) >= 11 is 0. The van der Waals surface area contributed by atoms with Crippen molar-refractivity contribution >= 4 is 11.9 Å². The van der Waals surface area contributed by atoms with Crippen molar-refractivity contribution in [2.45, 2.75) is 38.6 Å². The second-order valence-electron chi connectivity index (χ2n) is 4.55. The van der Waals surface area contributed by atoms with Crippen LogP contribution in [0.4, 0.5) is 4.79 Å². The van der Waals surface area contributed by atoms with Crippen LogP contribution >= 0.6 is 0 Å². The smallest absolute Gasteiger partial charge is 0.322 e. The quantitative estimate of drug-likeness (QED) is 0.544. The molecule has 1 atom stereocenters. The molecular formula is C9H14N2O2. The van der Waals surface area contributed by atoms with Gasteiger partial charge in [-0.2, -0.15) is 0 Å². The molecule has 1 aliphatic heterocycles. The molecule has 0 aromatic heterocycles. The van der Waals surface area contributed by atoms with Crippen LogP contribution in [0.3, 0.4) is 0 Å². The van der Waals surface area contributed by atoms with Gasteiger partial charge in [0.15, 0.2) is 0 Å². The molecule has 1 spiro atoms. The largest absolute Gasteiger partial charge is 0.323 e. The fourth-order valence-electron chi connectivity index (χ4n) is 2.49. The molecule has 13 heavy (non-hydrogen) atoms. The van der Waals surface area contributed by atoms with Crippen molar-refractivity contribution in [1.29, 1.82) is 0 Å². The molecule has 0 bridgehead atoms. The number of rotatable bonds is 0. The van der Waals surface area contributed by atoms with Gasteiger partial charge in [0.1, 0.15) is 5.54 Å². The van der Waals surface area contributed by atoms with Gasteiger partial charge in [-0.1, -0.05) is 13.8 Å². The Morgan fingerprint density at radius 2 is 1.92 bits per heavy atom. The molecule has 1 heterocycles. The first kappa shape index (κ1) is 8.53. The topological polar surface area (TPSA) is 58.2 Å². The fraction of sp³-hybridized carbons (Fsp3) is 0.778. The van der Waals surface area contributed by atoms with E-state index in [-0.39, 0.29) is 17.4 Å². The summed E-state index contributed by atoms with van der Waals surface area (Å²) in [7, 11) is 0. The van der Waals surface area contributed by atoms with Gasteiger partial charge >= 0.3 is 6.03 Å². The summed E-state index contributed by atoms with van der Waals surface area (Å²) in [6.07, 6.45) is 2.75. The van der Waals surface area contributed by atoms with E-state index in [0.29, 0.717) is 0 Å². The normalized spacial score (nSPS) is 36.5. The first-order valence-electron chi connectivity index (χ1n) is 4.62. The molecule has 0 aromatic rings. The maximum Gasteiger partial charge on any atom is 0.322 e. The van der Waals surface area contributed by atoms with Gasteiger partial charge in [-0.15, -0.1) is 0 Å². The highest BCUT2D eigenvalue weighted by Crippen LogP contribution is 2.47. The second-order valence-corrected chi connectivity index (χ2v) is 4.55. The Bertz CT molecular complexity index is 285. The van der Waals surface area contributed by atoms with E-state index in [2.05, 4.69) is 10.6 Å². The zero-order valence-corrected chi connectivity index (χ0v) is 7.94. The van der Waals surface area contributed by atoms with Crippen LogP contribution in [-0.2, 0) is 4.79 Å². The zero-order chi connectivity index (χ0) is 9.69. The highest BCUT2D eigenvalue weighted by Gasteiger charge is 2.58. The van der Waals surface area contributed by atoms with E-state index in [4.69, 9.17) is 0 Å². The van der Waals surface area contributed by atoms with Crippen molar-refractivity contribution in [3.63, 3.8) is 0 Å². The molecular weight excluding hydrogens is 168 g/mol. The van der Waals surface area contributed by atoms with Crippen molar-refractivity contribution in [2.75, 3.05) is 0 Å². The average molecular weight is 182 g/mol. The van der Waals surface area contributed by atoms with Crippen molar-refractivity contribution in [2.24, 2.45) is 5.41 Å². The summed E-state index contributed by atoms with van der Waals surface area (Å²) in [5, 5.41) is 5.09. The number of amides is 3. The minimum atomic E-state index is -0.635. The lowest BCUT2D eigenvalue weighted by molar-refractivity contribution is -0.126. The van der Waals surface area contributed by atoms with E-state index < -0.39 is 5.54 Å². The Kier molecular flexibility index (Phi) is 1.47. The molecule has 4 nitrogen and oxygen atoms in total. The van der Waals surface area contributed by atoms with E-state index in [1.807, 2.05) is 13.8 Å². The minimum Gasteiger partial charge on any atom is -0.323 e. The van der Waals surface area contributed by atoms with Crippen LogP contribution in [0.2, 0.25) is 0 Å². The van der Waals surface area contributed by atoms with Crippen molar-refractivity contribution in [1.82, 2.24) is 10.6 Å². The number of carbonyl (C=O) groups excluding carboxylic acids is 2. The van der Waals surface area contributed by atoms with Gasteiger partial charge in [0, 0.05) is 0 Å². The van der Waals surface area contributed by atoms with E-state index in [9.17, 15) is 9.59 Å². The molecule has 1 unspecified atom stereocenters. The monoisotopic (exact) mass is 182 g/mol. The van der Waals surface area contributed by atoms with Crippen LogP contribution in [0.15, 0.2) is 0 Å². The average Bonchev–Trinajstić information content (AvgIpc) is 2.40. The summed E-state index contributed by atoms with van der Waals surface area (Å²) in [5.74, 6) is -0.153. The highest BCUT2D eigenvalue weighted by atomic mass is 16.2. The van der Waals surface area contributed by atoms with E-state index in [0.717, 1.165) is 19.3 Å². The van der Waals surface area contributed by atoms with E-state index >= 15 is 0 Å². The molecule has 1 aliphatic carbocycles. The first-order chi connectivity index (χ1) is 5.98. The molecule has 0 aromatic carbocycles. The number of hydrogen-bond acceptors (Lipinski definition) is 2. The Morgan fingerprint density at radius 3 is 2.31 bits per heavy atom. The summed E-state index contributed by atoms with van der Waals surface area (Å²) in [4.78, 5) is 22.7. The molecule has 2 rings (SSSR count). The number of nitrogens with one attached hydrogen (secondary N) is 2. The maximum absolute atomic E-state index is 11.6. The molecule has 3 amide bonds. The third kappa shape index (κ3) is 0.913. The third-order valence-corrected chi connectivity index (χ3v) is 3.45. The molecule has 2 fully saturated rings. The van der Waals surface area contributed by atoms with Gasteiger partial charge < -0.3 is 5.32 Å². The Balaban J connectivity index is 2.40. The minimum absolute atomic E-state index is 0.122. The maximum atomic E-state index is 11.6. The van der Waals surface area contributed by atoms with Gasteiger partial charge in [-0.3, -0.25) is 10.1 Å². The van der Waals surface area contributed by atoms with Gasteiger partial charge in [0.05, 0.1) is 0 Å². The molecule has 2 aliphatic rings. The molecule has 4 heteroatoms. The number of hydrogen-bond donors (Lipinski definition) is 2.